The van der Waals surface area contributed by atoms with Crippen LogP contribution in [0.2, 0.25) is 0 Å². The molecule has 1 fully saturated rings. The van der Waals surface area contributed by atoms with Gasteiger partial charge < -0.3 is 15.1 Å². The topological polar surface area (TPSA) is 48.5 Å². The van der Waals surface area contributed by atoms with Gasteiger partial charge in [0.25, 0.3) is 5.91 Å². The molecule has 1 aliphatic heterocycles. The first-order valence-corrected chi connectivity index (χ1v) is 9.03. The Balaban J connectivity index is 1.45. The van der Waals surface area contributed by atoms with Crippen LogP contribution in [0.1, 0.15) is 16.8 Å². The molecule has 1 saturated heterocycles. The highest BCUT2D eigenvalue weighted by atomic mass is 19.1. The number of nitrogens with one attached hydrogen (secondary N) is 1. The van der Waals surface area contributed by atoms with Crippen molar-refractivity contribution in [2.75, 3.05) is 46.3 Å². The van der Waals surface area contributed by atoms with Gasteiger partial charge in [0.15, 0.2) is 0 Å². The lowest BCUT2D eigenvalue weighted by atomic mass is 10.1. The molecule has 1 amide bonds. The normalized spacial score (nSPS) is 15.8. The number of hydrogen-bond acceptors (Lipinski definition) is 4. The predicted molar refractivity (Wildman–Crippen MR) is 101 cm³/mol. The monoisotopic (exact) mass is 356 g/mol. The number of nitrogens with zero attached hydrogens (tertiary/aromatic N) is 3. The summed E-state index contributed by atoms with van der Waals surface area (Å²) in [5.74, 6) is -0.423. The maximum atomic E-state index is 13.3. The van der Waals surface area contributed by atoms with E-state index in [2.05, 4.69) is 27.1 Å². The third-order valence-electron chi connectivity index (χ3n) is 4.68. The van der Waals surface area contributed by atoms with Crippen LogP contribution in [0.5, 0.6) is 0 Å². The standard InChI is InChI=1S/C20H25FN4O/c1-24-10-12-25(13-11-24)9-3-8-22-20(26)17-6-7-19(23-15-17)16-4-2-5-18(21)14-16/h2,4-7,14-15H,3,8-13H2,1H3,(H,22,26). The van der Waals surface area contributed by atoms with E-state index in [0.29, 0.717) is 23.4 Å². The number of amides is 1. The van der Waals surface area contributed by atoms with Gasteiger partial charge in [0, 0.05) is 44.5 Å². The molecule has 0 atom stereocenters. The lowest BCUT2D eigenvalue weighted by Crippen LogP contribution is -2.45. The minimum atomic E-state index is -0.300. The van der Waals surface area contributed by atoms with Crippen LogP contribution in [0.4, 0.5) is 4.39 Å². The zero-order chi connectivity index (χ0) is 18.4. The van der Waals surface area contributed by atoms with Gasteiger partial charge in [-0.3, -0.25) is 9.78 Å². The first-order chi connectivity index (χ1) is 12.6. The summed E-state index contributed by atoms with van der Waals surface area (Å²) in [6.07, 6.45) is 2.47. The van der Waals surface area contributed by atoms with Gasteiger partial charge in [0.2, 0.25) is 0 Å². The molecule has 5 nitrogen and oxygen atoms in total. The molecule has 3 rings (SSSR count). The number of benzene rings is 1. The van der Waals surface area contributed by atoms with Crippen molar-refractivity contribution in [3.63, 3.8) is 0 Å². The van der Waals surface area contributed by atoms with Crippen molar-refractivity contribution in [3.05, 3.63) is 54.0 Å². The third kappa shape index (κ3) is 5.09. The van der Waals surface area contributed by atoms with E-state index in [9.17, 15) is 9.18 Å². The largest absolute Gasteiger partial charge is 0.352 e. The van der Waals surface area contributed by atoms with Crippen molar-refractivity contribution in [2.45, 2.75) is 6.42 Å². The highest BCUT2D eigenvalue weighted by molar-refractivity contribution is 5.94. The number of carbonyl (C=O) groups excluding carboxylic acids is 1. The van der Waals surface area contributed by atoms with E-state index in [1.165, 1.54) is 18.3 Å². The fraction of sp³-hybridized carbons (Fsp3) is 0.400. The van der Waals surface area contributed by atoms with Gasteiger partial charge in [0.05, 0.1) is 11.3 Å². The Morgan fingerprint density at radius 3 is 2.69 bits per heavy atom. The van der Waals surface area contributed by atoms with Crippen LogP contribution < -0.4 is 5.32 Å². The van der Waals surface area contributed by atoms with Crippen molar-refractivity contribution < 1.29 is 9.18 Å². The summed E-state index contributed by atoms with van der Waals surface area (Å²) in [4.78, 5) is 21.3. The molecule has 0 spiro atoms. The number of likely N-dealkylation sites (N-methyl/N-ethyl adjacent to an activating group) is 1. The van der Waals surface area contributed by atoms with E-state index in [1.54, 1.807) is 24.3 Å². The number of piperazine rings is 1. The van der Waals surface area contributed by atoms with Crippen molar-refractivity contribution in [1.29, 1.82) is 0 Å². The van der Waals surface area contributed by atoms with E-state index < -0.39 is 0 Å². The summed E-state index contributed by atoms with van der Waals surface area (Å²) in [6, 6.07) is 9.74. The molecule has 6 heteroatoms. The van der Waals surface area contributed by atoms with Crippen LogP contribution in [0.25, 0.3) is 11.3 Å². The molecular formula is C20H25FN4O. The molecule has 2 heterocycles. The smallest absolute Gasteiger partial charge is 0.252 e. The lowest BCUT2D eigenvalue weighted by Gasteiger charge is -2.32. The van der Waals surface area contributed by atoms with Crippen LogP contribution in [0.15, 0.2) is 42.6 Å². The SMILES string of the molecule is CN1CCN(CCCNC(=O)c2ccc(-c3cccc(F)c3)nc2)CC1. The Bertz CT molecular complexity index is 727. The van der Waals surface area contributed by atoms with Crippen molar-refractivity contribution in [1.82, 2.24) is 20.1 Å². The second-order valence-corrected chi connectivity index (χ2v) is 6.70. The number of halogens is 1. The second kappa shape index (κ2) is 8.87. The molecule has 0 radical (unpaired) electrons. The molecule has 0 aliphatic carbocycles. The summed E-state index contributed by atoms with van der Waals surface area (Å²) >= 11 is 0. The maximum absolute atomic E-state index is 13.3. The van der Waals surface area contributed by atoms with Crippen molar-refractivity contribution in [2.24, 2.45) is 0 Å². The van der Waals surface area contributed by atoms with E-state index in [4.69, 9.17) is 0 Å². The molecule has 1 N–H and O–H groups in total. The fourth-order valence-corrected chi connectivity index (χ4v) is 3.02. The van der Waals surface area contributed by atoms with Crippen LogP contribution in [-0.2, 0) is 0 Å². The molecule has 0 unspecified atom stereocenters. The van der Waals surface area contributed by atoms with Gasteiger partial charge in [-0.2, -0.15) is 0 Å². The van der Waals surface area contributed by atoms with Crippen LogP contribution in [0, 0.1) is 5.82 Å². The molecule has 138 valence electrons. The Morgan fingerprint density at radius 2 is 2.00 bits per heavy atom. The molecule has 1 aromatic carbocycles. The molecule has 2 aromatic rings. The Hall–Kier alpha value is -2.31. The Kier molecular flexibility index (Phi) is 6.30. The number of carbonyl (C=O) groups is 1. The summed E-state index contributed by atoms with van der Waals surface area (Å²) in [7, 11) is 2.14. The van der Waals surface area contributed by atoms with E-state index >= 15 is 0 Å². The molecule has 26 heavy (non-hydrogen) atoms. The van der Waals surface area contributed by atoms with Gasteiger partial charge in [-0.1, -0.05) is 12.1 Å². The van der Waals surface area contributed by atoms with Gasteiger partial charge in [0.1, 0.15) is 5.82 Å². The lowest BCUT2D eigenvalue weighted by molar-refractivity contribution is 0.0949. The van der Waals surface area contributed by atoms with Gasteiger partial charge in [-0.05, 0) is 44.3 Å². The maximum Gasteiger partial charge on any atom is 0.252 e. The summed E-state index contributed by atoms with van der Waals surface area (Å²) in [6.45, 7) is 6.05. The number of aromatic nitrogens is 1. The molecule has 1 aliphatic rings. The second-order valence-electron chi connectivity index (χ2n) is 6.70. The minimum Gasteiger partial charge on any atom is -0.352 e. The zero-order valence-corrected chi connectivity index (χ0v) is 15.1. The van der Waals surface area contributed by atoms with E-state index in [1.807, 2.05) is 0 Å². The van der Waals surface area contributed by atoms with Crippen molar-refractivity contribution in [3.8, 4) is 11.3 Å². The molecule has 0 saturated carbocycles. The number of rotatable bonds is 6. The average Bonchev–Trinajstić information content (AvgIpc) is 2.66. The van der Waals surface area contributed by atoms with Crippen LogP contribution in [-0.4, -0.2) is 67.0 Å². The molecule has 0 bridgehead atoms. The highest BCUT2D eigenvalue weighted by Crippen LogP contribution is 2.17. The van der Waals surface area contributed by atoms with Gasteiger partial charge >= 0.3 is 0 Å². The molecular weight excluding hydrogens is 331 g/mol. The zero-order valence-electron chi connectivity index (χ0n) is 15.1. The van der Waals surface area contributed by atoms with Gasteiger partial charge in [-0.25, -0.2) is 4.39 Å². The molecule has 1 aromatic heterocycles. The fourth-order valence-electron chi connectivity index (χ4n) is 3.02. The summed E-state index contributed by atoms with van der Waals surface area (Å²) in [5, 5.41) is 2.94. The van der Waals surface area contributed by atoms with Crippen LogP contribution in [0.3, 0.4) is 0 Å². The third-order valence-corrected chi connectivity index (χ3v) is 4.68. The first-order valence-electron chi connectivity index (χ1n) is 9.03. The van der Waals surface area contributed by atoms with Crippen molar-refractivity contribution >= 4 is 5.91 Å². The average molecular weight is 356 g/mol. The van der Waals surface area contributed by atoms with Crippen LogP contribution >= 0.6 is 0 Å². The van der Waals surface area contributed by atoms with E-state index in [-0.39, 0.29) is 11.7 Å². The highest BCUT2D eigenvalue weighted by Gasteiger charge is 2.13. The summed E-state index contributed by atoms with van der Waals surface area (Å²) < 4.78 is 13.3. The number of hydrogen-bond donors (Lipinski definition) is 1. The van der Waals surface area contributed by atoms with E-state index in [0.717, 1.165) is 39.1 Å². The summed E-state index contributed by atoms with van der Waals surface area (Å²) in [5.41, 5.74) is 1.87. The minimum absolute atomic E-state index is 0.123. The van der Waals surface area contributed by atoms with Gasteiger partial charge in [-0.15, -0.1) is 0 Å². The first kappa shape index (κ1) is 18.5. The Morgan fingerprint density at radius 1 is 1.19 bits per heavy atom. The quantitative estimate of drug-likeness (QED) is 0.807. The Labute approximate surface area is 153 Å². The predicted octanol–water partition coefficient (Wildman–Crippen LogP) is 2.25. The number of pyridine rings is 1.